The summed E-state index contributed by atoms with van der Waals surface area (Å²) < 4.78 is 0. The number of hydrogen-bond donors (Lipinski definition) is 0. The molecule has 1 saturated heterocycles. The summed E-state index contributed by atoms with van der Waals surface area (Å²) in [6.45, 7) is 7.89. The van der Waals surface area contributed by atoms with Gasteiger partial charge in [-0.2, -0.15) is 10.2 Å². The molecule has 1 aromatic carbocycles. The van der Waals surface area contributed by atoms with Crippen molar-refractivity contribution in [2.24, 2.45) is 10.8 Å². The van der Waals surface area contributed by atoms with Gasteiger partial charge in [0.1, 0.15) is 0 Å². The molecule has 0 spiro atoms. The third kappa shape index (κ3) is 2.50. The number of fused-ring (bicyclic) bond motifs is 3. The quantitative estimate of drug-likeness (QED) is 0.807. The maximum atomic E-state index is 13.1. The summed E-state index contributed by atoms with van der Waals surface area (Å²) >= 11 is 0. The zero-order chi connectivity index (χ0) is 16.2. The van der Waals surface area contributed by atoms with E-state index in [1.165, 1.54) is 6.42 Å². The van der Waals surface area contributed by atoms with Crippen LogP contribution in [0.25, 0.3) is 10.8 Å². The third-order valence-corrected chi connectivity index (χ3v) is 5.47. The Morgan fingerprint density at radius 2 is 1.87 bits per heavy atom. The van der Waals surface area contributed by atoms with Gasteiger partial charge < -0.3 is 4.90 Å². The molecule has 2 bridgehead atoms. The number of rotatable bonds is 1. The lowest BCUT2D eigenvalue weighted by Crippen LogP contribution is -2.37. The second-order valence-corrected chi connectivity index (χ2v) is 8.48. The standard InChI is InChI=1S/C19H23N3O/c1-18(2)7-16-8-19(3,11-18)12-22(16)17(23)13-4-5-14-9-20-21-10-15(14)6-13/h4-6,9-10,16H,7-8,11-12H2,1-3H3/t16-,19+/m0/s1. The lowest BCUT2D eigenvalue weighted by atomic mass is 9.65. The van der Waals surface area contributed by atoms with Gasteiger partial charge in [0.2, 0.25) is 0 Å². The number of nitrogens with zero attached hydrogens (tertiary/aromatic N) is 3. The summed E-state index contributed by atoms with van der Waals surface area (Å²) in [6, 6.07) is 6.21. The molecule has 0 radical (unpaired) electrons. The lowest BCUT2D eigenvalue weighted by molar-refractivity contribution is 0.0708. The Morgan fingerprint density at radius 3 is 2.65 bits per heavy atom. The fraction of sp³-hybridized carbons (Fsp3) is 0.526. The number of likely N-dealkylation sites (tertiary alicyclic amines) is 1. The molecule has 0 N–H and O–H groups in total. The van der Waals surface area contributed by atoms with Gasteiger partial charge in [-0.1, -0.05) is 26.8 Å². The number of hydrogen-bond acceptors (Lipinski definition) is 3. The highest BCUT2D eigenvalue weighted by Gasteiger charge is 2.50. The van der Waals surface area contributed by atoms with E-state index >= 15 is 0 Å². The molecule has 2 heterocycles. The highest BCUT2D eigenvalue weighted by molar-refractivity contribution is 5.98. The van der Waals surface area contributed by atoms with Crippen molar-refractivity contribution in [2.45, 2.75) is 46.1 Å². The van der Waals surface area contributed by atoms with Gasteiger partial charge in [-0.15, -0.1) is 0 Å². The van der Waals surface area contributed by atoms with Crippen LogP contribution in [0.1, 0.15) is 50.4 Å². The Kier molecular flexibility index (Phi) is 3.03. The monoisotopic (exact) mass is 309 g/mol. The fourth-order valence-corrected chi connectivity index (χ4v) is 4.99. The highest BCUT2D eigenvalue weighted by Crippen LogP contribution is 2.52. The van der Waals surface area contributed by atoms with E-state index in [9.17, 15) is 4.79 Å². The molecule has 1 aliphatic carbocycles. The molecule has 2 aromatic rings. The third-order valence-electron chi connectivity index (χ3n) is 5.47. The first-order chi connectivity index (χ1) is 10.9. The first-order valence-corrected chi connectivity index (χ1v) is 8.37. The first-order valence-electron chi connectivity index (χ1n) is 8.37. The van der Waals surface area contributed by atoms with Crippen molar-refractivity contribution in [1.82, 2.24) is 15.1 Å². The topological polar surface area (TPSA) is 46.1 Å². The molecule has 4 nitrogen and oxygen atoms in total. The average Bonchev–Trinajstić information content (AvgIpc) is 2.75. The maximum Gasteiger partial charge on any atom is 0.254 e. The van der Waals surface area contributed by atoms with Crippen LogP contribution in [0.5, 0.6) is 0 Å². The second kappa shape index (κ2) is 4.76. The van der Waals surface area contributed by atoms with Crippen LogP contribution in [0.3, 0.4) is 0 Å². The van der Waals surface area contributed by atoms with Crippen molar-refractivity contribution in [3.63, 3.8) is 0 Å². The van der Waals surface area contributed by atoms with Crippen molar-refractivity contribution in [3.05, 3.63) is 36.2 Å². The van der Waals surface area contributed by atoms with Gasteiger partial charge in [0, 0.05) is 28.9 Å². The van der Waals surface area contributed by atoms with Crippen molar-refractivity contribution < 1.29 is 4.79 Å². The van der Waals surface area contributed by atoms with Crippen molar-refractivity contribution in [2.75, 3.05) is 6.54 Å². The molecule has 2 fully saturated rings. The zero-order valence-electron chi connectivity index (χ0n) is 14.0. The predicted octanol–water partition coefficient (Wildman–Crippen LogP) is 3.67. The molecule has 23 heavy (non-hydrogen) atoms. The zero-order valence-corrected chi connectivity index (χ0v) is 14.0. The van der Waals surface area contributed by atoms with Gasteiger partial charge in [-0.3, -0.25) is 4.79 Å². The van der Waals surface area contributed by atoms with Crippen LogP contribution in [-0.4, -0.2) is 33.6 Å². The molecule has 1 aliphatic heterocycles. The van der Waals surface area contributed by atoms with E-state index in [-0.39, 0.29) is 11.3 Å². The van der Waals surface area contributed by atoms with Gasteiger partial charge in [0.05, 0.1) is 12.4 Å². The first kappa shape index (κ1) is 14.6. The van der Waals surface area contributed by atoms with E-state index in [0.29, 0.717) is 11.5 Å². The number of aromatic nitrogens is 2. The summed E-state index contributed by atoms with van der Waals surface area (Å²) in [4.78, 5) is 15.2. The predicted molar refractivity (Wildman–Crippen MR) is 90.1 cm³/mol. The van der Waals surface area contributed by atoms with E-state index in [4.69, 9.17) is 0 Å². The van der Waals surface area contributed by atoms with Crippen LogP contribution in [0, 0.1) is 10.8 Å². The Bertz CT molecular complexity index is 785. The number of benzene rings is 1. The largest absolute Gasteiger partial charge is 0.335 e. The minimum Gasteiger partial charge on any atom is -0.335 e. The van der Waals surface area contributed by atoms with Crippen molar-refractivity contribution >= 4 is 16.7 Å². The molecule has 1 aromatic heterocycles. The Hall–Kier alpha value is -1.97. The van der Waals surface area contributed by atoms with Gasteiger partial charge in [0.15, 0.2) is 0 Å². The summed E-state index contributed by atoms with van der Waals surface area (Å²) in [5, 5.41) is 9.80. The summed E-state index contributed by atoms with van der Waals surface area (Å²) in [7, 11) is 0. The van der Waals surface area contributed by atoms with Crippen LogP contribution in [0.4, 0.5) is 0 Å². The van der Waals surface area contributed by atoms with E-state index in [1.54, 1.807) is 12.4 Å². The van der Waals surface area contributed by atoms with Crippen LogP contribution in [-0.2, 0) is 0 Å². The molecular formula is C19H23N3O. The summed E-state index contributed by atoms with van der Waals surface area (Å²) in [6.07, 6.45) is 6.90. The SMILES string of the molecule is CC1(C)C[C@H]2C[C@@](C)(CN2C(=O)c2ccc3cnncc3c2)C1. The van der Waals surface area contributed by atoms with Crippen LogP contribution < -0.4 is 0 Å². The Labute approximate surface area is 136 Å². The number of carbonyl (C=O) groups excluding carboxylic acids is 1. The fourth-order valence-electron chi connectivity index (χ4n) is 4.99. The molecule has 1 saturated carbocycles. The number of carbonyl (C=O) groups is 1. The number of amides is 1. The highest BCUT2D eigenvalue weighted by atomic mass is 16.2. The van der Waals surface area contributed by atoms with E-state index in [1.807, 2.05) is 18.2 Å². The van der Waals surface area contributed by atoms with Crippen LogP contribution >= 0.6 is 0 Å². The minimum atomic E-state index is 0.162. The molecule has 4 rings (SSSR count). The van der Waals surface area contributed by atoms with Crippen LogP contribution in [0.2, 0.25) is 0 Å². The van der Waals surface area contributed by atoms with Gasteiger partial charge in [0.25, 0.3) is 5.91 Å². The van der Waals surface area contributed by atoms with E-state index < -0.39 is 0 Å². The van der Waals surface area contributed by atoms with E-state index in [2.05, 4.69) is 35.9 Å². The Balaban J connectivity index is 1.66. The molecular weight excluding hydrogens is 286 g/mol. The normalized spacial score (nSPS) is 29.0. The maximum absolute atomic E-state index is 13.1. The molecule has 1 amide bonds. The molecule has 2 aliphatic rings. The molecule has 0 unspecified atom stereocenters. The van der Waals surface area contributed by atoms with Crippen molar-refractivity contribution in [1.29, 1.82) is 0 Å². The van der Waals surface area contributed by atoms with Crippen molar-refractivity contribution in [3.8, 4) is 0 Å². The smallest absolute Gasteiger partial charge is 0.254 e. The van der Waals surface area contributed by atoms with Gasteiger partial charge in [-0.25, -0.2) is 0 Å². The summed E-state index contributed by atoms with van der Waals surface area (Å²) in [5.41, 5.74) is 1.36. The lowest BCUT2D eigenvalue weighted by Gasteiger charge is -2.39. The molecule has 4 heteroatoms. The minimum absolute atomic E-state index is 0.162. The Morgan fingerprint density at radius 1 is 1.13 bits per heavy atom. The van der Waals surface area contributed by atoms with E-state index in [0.717, 1.165) is 35.7 Å². The second-order valence-electron chi connectivity index (χ2n) is 8.48. The van der Waals surface area contributed by atoms with Gasteiger partial charge >= 0.3 is 0 Å². The van der Waals surface area contributed by atoms with Crippen LogP contribution in [0.15, 0.2) is 30.6 Å². The van der Waals surface area contributed by atoms with Gasteiger partial charge in [-0.05, 0) is 42.2 Å². The molecule has 120 valence electrons. The average molecular weight is 309 g/mol. The molecule has 2 atom stereocenters. The summed E-state index contributed by atoms with van der Waals surface area (Å²) in [5.74, 6) is 0.162.